The molecule has 0 bridgehead atoms. The Bertz CT molecular complexity index is 134. The minimum absolute atomic E-state index is 0.0185. The number of hydrogen-bond donors (Lipinski definition) is 1. The first kappa shape index (κ1) is 5.62. The normalized spacial score (nSPS) is 27.5. The summed E-state index contributed by atoms with van der Waals surface area (Å²) in [4.78, 5) is 13.8. The van der Waals surface area contributed by atoms with Crippen LogP contribution in [0.25, 0.3) is 0 Å². The summed E-state index contributed by atoms with van der Waals surface area (Å²) < 4.78 is 0. The number of rotatable bonds is 1. The molecule has 1 atom stereocenters. The van der Waals surface area contributed by atoms with Gasteiger partial charge in [-0.05, 0) is 0 Å². The van der Waals surface area contributed by atoms with E-state index in [9.17, 15) is 4.79 Å². The quantitative estimate of drug-likeness (QED) is 0.492. The molecule has 1 unspecified atom stereocenters. The van der Waals surface area contributed by atoms with Crippen LogP contribution in [-0.4, -0.2) is 23.2 Å². The fourth-order valence-electron chi connectivity index (χ4n) is 0.480. The summed E-state index contributed by atoms with van der Waals surface area (Å²) in [6.07, 6.45) is 0.869. The Labute approximate surface area is 51.3 Å². The van der Waals surface area contributed by atoms with E-state index in [0.29, 0.717) is 11.7 Å². The molecule has 0 aromatic carbocycles. The SMILES string of the molecule is NC1=NCC(C=O)S1. The van der Waals surface area contributed by atoms with Crippen molar-refractivity contribution in [2.45, 2.75) is 5.25 Å². The van der Waals surface area contributed by atoms with Crippen LogP contribution in [0.3, 0.4) is 0 Å². The highest BCUT2D eigenvalue weighted by Gasteiger charge is 2.15. The molecule has 44 valence electrons. The molecule has 1 heterocycles. The van der Waals surface area contributed by atoms with Gasteiger partial charge in [-0.2, -0.15) is 0 Å². The van der Waals surface area contributed by atoms with Crippen LogP contribution >= 0.6 is 11.8 Å². The van der Waals surface area contributed by atoms with Gasteiger partial charge in [-0.3, -0.25) is 4.99 Å². The molecule has 0 fully saturated rings. The maximum Gasteiger partial charge on any atom is 0.154 e. The molecular weight excluding hydrogens is 124 g/mol. The van der Waals surface area contributed by atoms with Gasteiger partial charge >= 0.3 is 0 Å². The molecule has 0 saturated carbocycles. The highest BCUT2D eigenvalue weighted by atomic mass is 32.2. The number of nitrogens with zero attached hydrogens (tertiary/aromatic N) is 1. The Morgan fingerprint density at radius 3 is 3.00 bits per heavy atom. The Kier molecular flexibility index (Phi) is 1.53. The summed E-state index contributed by atoms with van der Waals surface area (Å²) in [6, 6.07) is 0. The second-order valence-electron chi connectivity index (χ2n) is 1.47. The van der Waals surface area contributed by atoms with Crippen LogP contribution < -0.4 is 5.73 Å². The highest BCUT2D eigenvalue weighted by molar-refractivity contribution is 8.15. The Balaban J connectivity index is 2.43. The fourth-order valence-corrected chi connectivity index (χ4v) is 1.14. The summed E-state index contributed by atoms with van der Waals surface area (Å²) in [7, 11) is 0. The average Bonchev–Trinajstić information content (AvgIpc) is 2.14. The summed E-state index contributed by atoms with van der Waals surface area (Å²) in [6.45, 7) is 0.556. The molecule has 1 rings (SSSR count). The van der Waals surface area contributed by atoms with Crippen molar-refractivity contribution in [2.24, 2.45) is 10.7 Å². The Morgan fingerprint density at radius 1 is 2.00 bits per heavy atom. The molecule has 0 radical (unpaired) electrons. The Hall–Kier alpha value is -0.510. The number of nitrogens with two attached hydrogens (primary N) is 1. The van der Waals surface area contributed by atoms with Crippen molar-refractivity contribution in [2.75, 3.05) is 6.54 Å². The van der Waals surface area contributed by atoms with Crippen molar-refractivity contribution in [3.05, 3.63) is 0 Å². The van der Waals surface area contributed by atoms with Crippen molar-refractivity contribution in [1.29, 1.82) is 0 Å². The van der Waals surface area contributed by atoms with E-state index < -0.39 is 0 Å². The van der Waals surface area contributed by atoms with E-state index in [4.69, 9.17) is 5.73 Å². The molecule has 0 spiro atoms. The first-order valence-electron chi connectivity index (χ1n) is 2.25. The van der Waals surface area contributed by atoms with Crippen LogP contribution in [0.4, 0.5) is 0 Å². The van der Waals surface area contributed by atoms with Gasteiger partial charge in [0.15, 0.2) is 5.17 Å². The van der Waals surface area contributed by atoms with Crippen molar-refractivity contribution >= 4 is 23.2 Å². The minimum atomic E-state index is -0.0185. The van der Waals surface area contributed by atoms with Crippen molar-refractivity contribution in [1.82, 2.24) is 0 Å². The summed E-state index contributed by atoms with van der Waals surface area (Å²) in [5, 5.41) is 0.511. The molecule has 8 heavy (non-hydrogen) atoms. The number of aldehydes is 1. The van der Waals surface area contributed by atoms with Crippen LogP contribution in [0.5, 0.6) is 0 Å². The van der Waals surface area contributed by atoms with Crippen LogP contribution in [0, 0.1) is 0 Å². The largest absolute Gasteiger partial charge is 0.379 e. The minimum Gasteiger partial charge on any atom is -0.379 e. The zero-order chi connectivity index (χ0) is 5.98. The highest BCUT2D eigenvalue weighted by Crippen LogP contribution is 2.14. The number of carbonyl (C=O) groups excluding carboxylic acids is 1. The molecule has 4 heteroatoms. The standard InChI is InChI=1S/C4H6N2OS/c5-4-6-1-3(2-7)8-4/h2-3H,1H2,(H2,5,6). The zero-order valence-corrected chi connectivity index (χ0v) is 5.02. The molecule has 0 aliphatic carbocycles. The van der Waals surface area contributed by atoms with Gasteiger partial charge in [0.1, 0.15) is 6.29 Å². The third-order valence-corrected chi connectivity index (χ3v) is 1.78. The lowest BCUT2D eigenvalue weighted by Crippen LogP contribution is -2.06. The second-order valence-corrected chi connectivity index (χ2v) is 2.73. The van der Waals surface area contributed by atoms with Crippen molar-refractivity contribution in [3.8, 4) is 0 Å². The van der Waals surface area contributed by atoms with Crippen molar-refractivity contribution < 1.29 is 4.79 Å². The third kappa shape index (κ3) is 1.01. The van der Waals surface area contributed by atoms with Gasteiger partial charge in [-0.25, -0.2) is 0 Å². The van der Waals surface area contributed by atoms with E-state index in [1.807, 2.05) is 0 Å². The molecule has 3 nitrogen and oxygen atoms in total. The molecule has 0 aromatic rings. The first-order chi connectivity index (χ1) is 3.83. The number of thioether (sulfide) groups is 1. The van der Waals surface area contributed by atoms with Gasteiger partial charge in [0.25, 0.3) is 0 Å². The van der Waals surface area contributed by atoms with E-state index in [0.717, 1.165) is 6.29 Å². The Morgan fingerprint density at radius 2 is 2.75 bits per heavy atom. The van der Waals surface area contributed by atoms with Crippen LogP contribution in [-0.2, 0) is 4.79 Å². The van der Waals surface area contributed by atoms with Crippen molar-refractivity contribution in [3.63, 3.8) is 0 Å². The van der Waals surface area contributed by atoms with Gasteiger partial charge in [-0.15, -0.1) is 0 Å². The molecular formula is C4H6N2OS. The average molecular weight is 130 g/mol. The number of aliphatic imine (C=N–C) groups is 1. The maximum absolute atomic E-state index is 10.0. The van der Waals surface area contributed by atoms with Crippen LogP contribution in [0.1, 0.15) is 0 Å². The zero-order valence-electron chi connectivity index (χ0n) is 4.20. The molecule has 1 aliphatic rings. The number of hydrogen-bond acceptors (Lipinski definition) is 4. The summed E-state index contributed by atoms with van der Waals surface area (Å²) in [5.74, 6) is 0. The van der Waals surface area contributed by atoms with Crippen LogP contribution in [0.15, 0.2) is 4.99 Å². The lowest BCUT2D eigenvalue weighted by molar-refractivity contribution is -0.107. The second kappa shape index (κ2) is 2.17. The smallest absolute Gasteiger partial charge is 0.154 e. The van der Waals surface area contributed by atoms with E-state index in [1.165, 1.54) is 11.8 Å². The van der Waals surface area contributed by atoms with E-state index >= 15 is 0 Å². The van der Waals surface area contributed by atoms with E-state index in [1.54, 1.807) is 0 Å². The monoisotopic (exact) mass is 130 g/mol. The van der Waals surface area contributed by atoms with Gasteiger partial charge in [0.05, 0.1) is 11.8 Å². The van der Waals surface area contributed by atoms with Gasteiger partial charge < -0.3 is 10.5 Å². The van der Waals surface area contributed by atoms with Gasteiger partial charge in [0, 0.05) is 0 Å². The molecule has 0 amide bonds. The number of carbonyl (C=O) groups is 1. The molecule has 1 aliphatic heterocycles. The predicted octanol–water partition coefficient (Wildman–Crippen LogP) is -0.385. The fraction of sp³-hybridized carbons (Fsp3) is 0.500. The van der Waals surface area contributed by atoms with Gasteiger partial charge in [-0.1, -0.05) is 11.8 Å². The summed E-state index contributed by atoms with van der Waals surface area (Å²) in [5.41, 5.74) is 5.25. The third-order valence-electron chi connectivity index (χ3n) is 0.851. The number of amidine groups is 1. The molecule has 2 N–H and O–H groups in total. The topological polar surface area (TPSA) is 55.4 Å². The van der Waals surface area contributed by atoms with E-state index in [-0.39, 0.29) is 5.25 Å². The first-order valence-corrected chi connectivity index (χ1v) is 3.13. The van der Waals surface area contributed by atoms with E-state index in [2.05, 4.69) is 4.99 Å². The summed E-state index contributed by atoms with van der Waals surface area (Å²) >= 11 is 1.33. The molecule has 0 saturated heterocycles. The maximum atomic E-state index is 10.0. The lowest BCUT2D eigenvalue weighted by Gasteiger charge is -1.90. The lowest BCUT2D eigenvalue weighted by atomic mass is 10.5. The van der Waals surface area contributed by atoms with Crippen LogP contribution in [0.2, 0.25) is 0 Å². The molecule has 0 aromatic heterocycles. The van der Waals surface area contributed by atoms with Gasteiger partial charge in [0.2, 0.25) is 0 Å². The predicted molar refractivity (Wildman–Crippen MR) is 33.9 cm³/mol.